The Bertz CT molecular complexity index is 2310. The molecule has 4 aliphatic rings. The summed E-state index contributed by atoms with van der Waals surface area (Å²) in [5.74, 6) is -2.74. The zero-order valence-electron chi connectivity index (χ0n) is 29.8. The molecule has 8 rings (SSSR count). The molecule has 0 bridgehead atoms. The third kappa shape index (κ3) is 7.22. The molecular formula is C37H39FN6O10S. The first-order valence-electron chi connectivity index (χ1n) is 18.3. The summed E-state index contributed by atoms with van der Waals surface area (Å²) in [6.07, 6.45) is 7.41. The summed E-state index contributed by atoms with van der Waals surface area (Å²) in [4.78, 5) is 65.3. The van der Waals surface area contributed by atoms with E-state index in [2.05, 4.69) is 25.3 Å². The second-order valence-electron chi connectivity index (χ2n) is 14.4. The smallest absolute Gasteiger partial charge is 0.407 e. The van der Waals surface area contributed by atoms with Gasteiger partial charge in [-0.2, -0.15) is 4.98 Å². The number of furan rings is 2. The second kappa shape index (κ2) is 14.3. The quantitative estimate of drug-likeness (QED) is 0.229. The van der Waals surface area contributed by atoms with Gasteiger partial charge in [-0.15, -0.1) is 0 Å². The number of ether oxygens (including phenoxy) is 2. The Kier molecular flexibility index (Phi) is 9.47. The highest BCUT2D eigenvalue weighted by molar-refractivity contribution is 7.91. The molecule has 1 saturated heterocycles. The van der Waals surface area contributed by atoms with Crippen molar-refractivity contribution in [2.45, 2.75) is 86.8 Å². The molecule has 5 heterocycles. The molecule has 18 heteroatoms. The molecule has 2 saturated carbocycles. The lowest BCUT2D eigenvalue weighted by atomic mass is 10.1. The highest BCUT2D eigenvalue weighted by Gasteiger charge is 2.62. The van der Waals surface area contributed by atoms with Crippen LogP contribution in [0.15, 0.2) is 57.6 Å². The lowest BCUT2D eigenvalue weighted by Gasteiger charge is -2.29. The molecule has 0 unspecified atom stereocenters. The first-order chi connectivity index (χ1) is 26.5. The Morgan fingerprint density at radius 3 is 2.71 bits per heavy atom. The van der Waals surface area contributed by atoms with Gasteiger partial charge in [-0.1, -0.05) is 25.0 Å². The van der Waals surface area contributed by atoms with Crippen LogP contribution in [0.3, 0.4) is 0 Å². The van der Waals surface area contributed by atoms with Gasteiger partial charge in [0.15, 0.2) is 11.6 Å². The Balaban J connectivity index is 1.14. The highest BCUT2D eigenvalue weighted by Crippen LogP contribution is 2.46. The number of alkyl carbamates (subject to hydrolysis) is 1. The van der Waals surface area contributed by atoms with E-state index in [1.54, 1.807) is 12.1 Å². The number of hydrogen-bond donors (Lipinski definition) is 3. The number of aromatic nitrogens is 2. The number of carbonyl (C=O) groups excluding carboxylic acids is 4. The standard InChI is InChI=1S/C37H39FN6O10S/c1-51-36(48)39-25-9-6-4-2-3-5-8-20-18-37(20,35(47)43-55(49,50)23-12-13-23)42-32(45)26-17-22(19-44(26)34(25)46)53-33-30-29(24-16-21(38)11-14-27(24)54-30)40-31(41-33)28-10-7-15-52-28/h5,7-8,10-11,14-16,20,22-23,25-26H,2-4,6,9,12-13,17-19H2,1H3,(H,39,48)(H,42,45)(H,43,47)/t20-,22-,25+,26+,37-/m1/s1. The fourth-order valence-electron chi connectivity index (χ4n) is 7.39. The summed E-state index contributed by atoms with van der Waals surface area (Å²) < 4.78 is 65.1. The summed E-state index contributed by atoms with van der Waals surface area (Å²) in [7, 11) is -2.75. The number of allylic oxidation sites excluding steroid dienone is 1. The van der Waals surface area contributed by atoms with E-state index in [-0.39, 0.29) is 48.6 Å². The minimum absolute atomic E-state index is 0.0497. The zero-order chi connectivity index (χ0) is 38.5. The molecule has 55 heavy (non-hydrogen) atoms. The maximum Gasteiger partial charge on any atom is 0.407 e. The predicted molar refractivity (Wildman–Crippen MR) is 192 cm³/mol. The van der Waals surface area contributed by atoms with Crippen LogP contribution in [0.25, 0.3) is 33.7 Å². The van der Waals surface area contributed by atoms with E-state index in [9.17, 15) is 32.0 Å². The van der Waals surface area contributed by atoms with Crippen LogP contribution in [0.5, 0.6) is 5.88 Å². The average molecular weight is 779 g/mol. The number of rotatable bonds is 7. The number of fused-ring (bicyclic) bond motifs is 5. The van der Waals surface area contributed by atoms with Crippen molar-refractivity contribution in [3.05, 3.63) is 54.6 Å². The van der Waals surface area contributed by atoms with Gasteiger partial charge >= 0.3 is 6.09 Å². The largest absolute Gasteiger partial charge is 0.470 e. The third-order valence-corrected chi connectivity index (χ3v) is 12.4. The van der Waals surface area contributed by atoms with Gasteiger partial charge in [0, 0.05) is 17.7 Å². The van der Waals surface area contributed by atoms with Crippen LogP contribution in [-0.2, 0) is 29.1 Å². The monoisotopic (exact) mass is 778 g/mol. The van der Waals surface area contributed by atoms with E-state index in [4.69, 9.17) is 18.3 Å². The summed E-state index contributed by atoms with van der Waals surface area (Å²) in [6, 6.07) is 4.98. The predicted octanol–water partition coefficient (Wildman–Crippen LogP) is 3.85. The van der Waals surface area contributed by atoms with Gasteiger partial charge in [-0.25, -0.2) is 22.6 Å². The maximum absolute atomic E-state index is 14.4. The molecular weight excluding hydrogens is 740 g/mol. The van der Waals surface area contributed by atoms with E-state index in [1.807, 2.05) is 12.2 Å². The van der Waals surface area contributed by atoms with Crippen LogP contribution in [0, 0.1) is 11.7 Å². The molecule has 3 N–H and O–H groups in total. The fraction of sp³-hybridized carbons (Fsp3) is 0.459. The van der Waals surface area contributed by atoms with Crippen molar-refractivity contribution < 1.29 is 50.3 Å². The van der Waals surface area contributed by atoms with Crippen molar-refractivity contribution in [1.82, 2.24) is 30.2 Å². The van der Waals surface area contributed by atoms with Gasteiger partial charge in [0.2, 0.25) is 27.4 Å². The SMILES string of the molecule is COC(=O)N[C@H]1CCCCCC=C[C@@H]2C[C@@]2(C(=O)NS(=O)(=O)C2CC2)NC(=O)[C@@H]2C[C@@H](Oc3nc(-c4ccco4)nc4c3oc3ccc(F)cc34)CN2C1=O. The first-order valence-corrected chi connectivity index (χ1v) is 19.8. The van der Waals surface area contributed by atoms with Crippen LogP contribution in [-0.4, -0.2) is 89.7 Å². The van der Waals surface area contributed by atoms with Crippen molar-refractivity contribution in [2.75, 3.05) is 13.7 Å². The van der Waals surface area contributed by atoms with Crippen molar-refractivity contribution in [3.63, 3.8) is 0 Å². The van der Waals surface area contributed by atoms with Crippen LogP contribution in [0.1, 0.15) is 57.8 Å². The Morgan fingerprint density at radius 2 is 1.95 bits per heavy atom. The van der Waals surface area contributed by atoms with Crippen molar-refractivity contribution in [2.24, 2.45) is 5.92 Å². The zero-order valence-corrected chi connectivity index (χ0v) is 30.6. The lowest BCUT2D eigenvalue weighted by molar-refractivity contribution is -0.141. The summed E-state index contributed by atoms with van der Waals surface area (Å²) in [6.45, 7) is -0.148. The van der Waals surface area contributed by atoms with Crippen molar-refractivity contribution in [1.29, 1.82) is 0 Å². The van der Waals surface area contributed by atoms with Gasteiger partial charge in [-0.05, 0) is 68.9 Å². The number of halogens is 1. The number of sulfonamides is 1. The van der Waals surface area contributed by atoms with Gasteiger partial charge in [0.1, 0.15) is 40.6 Å². The normalized spacial score (nSPS) is 26.0. The molecule has 290 valence electrons. The molecule has 16 nitrogen and oxygen atoms in total. The van der Waals surface area contributed by atoms with E-state index in [0.29, 0.717) is 42.4 Å². The fourth-order valence-corrected chi connectivity index (χ4v) is 8.76. The number of amides is 4. The molecule has 5 atom stereocenters. The van der Waals surface area contributed by atoms with Crippen molar-refractivity contribution >= 4 is 55.9 Å². The number of benzene rings is 1. The molecule has 2 aliphatic heterocycles. The van der Waals surface area contributed by atoms with E-state index in [0.717, 1.165) is 12.8 Å². The summed E-state index contributed by atoms with van der Waals surface area (Å²) >= 11 is 0. The molecule has 4 aromatic rings. The number of carbonyl (C=O) groups is 4. The first kappa shape index (κ1) is 36.5. The molecule has 0 spiro atoms. The topological polar surface area (TPSA) is 212 Å². The minimum Gasteiger partial charge on any atom is -0.470 e. The molecule has 0 radical (unpaired) electrons. The van der Waals surface area contributed by atoms with Gasteiger partial charge < -0.3 is 33.8 Å². The average Bonchev–Trinajstić information content (AvgIpc) is 3.96. The third-order valence-electron chi connectivity index (χ3n) is 10.6. The molecule has 4 amide bonds. The minimum atomic E-state index is -3.93. The van der Waals surface area contributed by atoms with E-state index < -0.39 is 74.5 Å². The lowest BCUT2D eigenvalue weighted by Crippen LogP contribution is -2.58. The second-order valence-corrected chi connectivity index (χ2v) is 16.4. The van der Waals surface area contributed by atoms with Crippen LogP contribution in [0.4, 0.5) is 9.18 Å². The van der Waals surface area contributed by atoms with Crippen LogP contribution < -0.4 is 20.1 Å². The number of hydrogen-bond acceptors (Lipinski definition) is 12. The Morgan fingerprint density at radius 1 is 1.11 bits per heavy atom. The molecule has 3 fully saturated rings. The number of nitrogens with one attached hydrogen (secondary N) is 3. The summed E-state index contributed by atoms with van der Waals surface area (Å²) in [5.41, 5.74) is -0.899. The molecule has 2 aliphatic carbocycles. The van der Waals surface area contributed by atoms with Gasteiger partial charge in [0.25, 0.3) is 11.8 Å². The molecule has 1 aromatic carbocycles. The van der Waals surface area contributed by atoms with Gasteiger partial charge in [0.05, 0.1) is 25.2 Å². The maximum atomic E-state index is 14.4. The van der Waals surface area contributed by atoms with Gasteiger partial charge in [-0.3, -0.25) is 19.1 Å². The number of nitrogens with zero attached hydrogens (tertiary/aromatic N) is 3. The number of methoxy groups -OCH3 is 1. The van der Waals surface area contributed by atoms with E-state index >= 15 is 0 Å². The highest BCUT2D eigenvalue weighted by atomic mass is 32.2. The van der Waals surface area contributed by atoms with Crippen molar-refractivity contribution in [3.8, 4) is 17.5 Å². The summed E-state index contributed by atoms with van der Waals surface area (Å²) in [5, 5.41) is 5.13. The Labute approximate surface area is 314 Å². The van der Waals surface area contributed by atoms with Crippen LogP contribution in [0.2, 0.25) is 0 Å². The molecule has 3 aromatic heterocycles. The van der Waals surface area contributed by atoms with Crippen LogP contribution >= 0.6 is 0 Å². The van der Waals surface area contributed by atoms with E-state index in [1.165, 1.54) is 36.5 Å². The Hall–Kier alpha value is -5.52.